The minimum Gasteiger partial charge on any atom is -0.545 e. The number of rotatable bonds is 0. The summed E-state index contributed by atoms with van der Waals surface area (Å²) in [7, 11) is 0. The Morgan fingerprint density at radius 2 is 0.308 bits per heavy atom. The van der Waals surface area contributed by atoms with Gasteiger partial charge in [-0.3, -0.25) is 40.7 Å². The maximum absolute atomic E-state index is 7.75. The molecular formula is C6H6NiO6-6. The fraction of sp³-hybridized carbons (Fsp3) is 0. The van der Waals surface area contributed by atoms with Crippen molar-refractivity contribution in [1.82, 2.24) is 0 Å². The van der Waals surface area contributed by atoms with E-state index in [1.807, 2.05) is 0 Å². The van der Waals surface area contributed by atoms with Crippen LogP contribution in [0.5, 0.6) is 0 Å². The fourth-order valence-corrected chi connectivity index (χ4v) is 0. The second-order valence-electron chi connectivity index (χ2n) is 0. The first-order valence-corrected chi connectivity index (χ1v) is 1.41. The molecule has 0 N–H and O–H groups in total. The summed E-state index contributed by atoms with van der Waals surface area (Å²) in [5.41, 5.74) is 0. The normalized spacial score (nSPS) is 1.85. The van der Waals surface area contributed by atoms with Gasteiger partial charge in [0, 0.05) is 16.5 Å². The topological polar surface area (TPSA) is 102 Å². The second-order valence-corrected chi connectivity index (χ2v) is 0. The average Bonchev–Trinajstić information content (AvgIpc) is 2.33. The van der Waals surface area contributed by atoms with Gasteiger partial charge >= 0.3 is 0 Å². The summed E-state index contributed by atoms with van der Waals surface area (Å²) in [6.07, 6.45) is 0. The van der Waals surface area contributed by atoms with Gasteiger partial charge in [0.15, 0.2) is 0 Å². The Kier molecular flexibility index (Phi) is 2070. The summed E-state index contributed by atoms with van der Waals surface area (Å²) in [6.45, 7) is 19.5. The Hall–Kier alpha value is -1.49. The molecule has 0 rings (SSSR count). The molecule has 0 bridgehead atoms. The zero-order valence-corrected chi connectivity index (χ0v) is 7.22. The van der Waals surface area contributed by atoms with Gasteiger partial charge in [0.05, 0.1) is 0 Å². The van der Waals surface area contributed by atoms with Crippen LogP contribution in [-0.4, -0.2) is 40.7 Å². The minimum absolute atomic E-state index is 0. The van der Waals surface area contributed by atoms with Gasteiger partial charge in [-0.25, -0.2) is 0 Å². The molecule has 0 radical (unpaired) electrons. The molecule has 82 valence electrons. The number of hydrogen-bond acceptors (Lipinski definition) is 6. The summed E-state index contributed by atoms with van der Waals surface area (Å²) in [5, 5.41) is 0. The zero-order valence-electron chi connectivity index (χ0n) is 6.23. The molecule has 7 heteroatoms. The predicted octanol–water partition coefficient (Wildman–Crippen LogP) is -1.65. The van der Waals surface area contributed by atoms with Crippen molar-refractivity contribution in [2.45, 2.75) is 0 Å². The van der Waals surface area contributed by atoms with Crippen molar-refractivity contribution in [3.05, 3.63) is 0 Å². The van der Waals surface area contributed by atoms with E-state index in [0.29, 0.717) is 0 Å². The van der Waals surface area contributed by atoms with E-state index in [9.17, 15) is 0 Å². The third-order valence-electron chi connectivity index (χ3n) is 0. The molecule has 0 aliphatic rings. The third-order valence-corrected chi connectivity index (χ3v) is 0. The molecular weight excluding hydrogens is 227 g/mol. The van der Waals surface area contributed by atoms with Crippen molar-refractivity contribution in [2.75, 3.05) is 0 Å². The molecule has 0 aliphatic heterocycles. The average molecular weight is 233 g/mol. The Balaban J connectivity index is -0.00000000655. The molecule has 0 aliphatic carbocycles. The molecule has 13 heavy (non-hydrogen) atoms. The van der Waals surface area contributed by atoms with Crippen LogP contribution in [0, 0.1) is 0 Å². The van der Waals surface area contributed by atoms with Gasteiger partial charge in [0.2, 0.25) is 0 Å². The van der Waals surface area contributed by atoms with E-state index in [1.165, 1.54) is 0 Å². The van der Waals surface area contributed by atoms with Crippen LogP contribution in [0.1, 0.15) is 0 Å². The monoisotopic (exact) mass is 232 g/mol. The second kappa shape index (κ2) is 431. The van der Waals surface area contributed by atoms with E-state index in [2.05, 4.69) is 40.7 Å². The summed E-state index contributed by atoms with van der Waals surface area (Å²) < 4.78 is 0. The Morgan fingerprint density at radius 1 is 0.308 bits per heavy atom. The van der Waals surface area contributed by atoms with Crippen molar-refractivity contribution < 1.29 is 45.3 Å². The predicted molar refractivity (Wildman–Crippen MR) is 40.5 cm³/mol. The molecule has 0 amide bonds. The molecule has 0 atom stereocenters. The molecule has 0 aromatic heterocycles. The molecule has 0 unspecified atom stereocenters. The zero-order chi connectivity index (χ0) is 12.0. The molecule has 0 aromatic rings. The van der Waals surface area contributed by atoms with E-state index in [0.717, 1.165) is 0 Å². The van der Waals surface area contributed by atoms with Gasteiger partial charge in [-0.05, 0) is 0 Å². The number of hydrogen-bond donors (Lipinski definition) is 0. The van der Waals surface area contributed by atoms with Crippen molar-refractivity contribution in [3.8, 4) is 0 Å². The van der Waals surface area contributed by atoms with Crippen LogP contribution in [0.15, 0.2) is 0 Å². The van der Waals surface area contributed by atoms with E-state index < -0.39 is 0 Å². The van der Waals surface area contributed by atoms with E-state index in [-0.39, 0.29) is 16.5 Å². The Bertz CT molecular complexity index is 32.6. The van der Waals surface area contributed by atoms with Crippen LogP contribution < -0.4 is 0 Å². The standard InChI is InChI=1S/6CHO.Ni/c6*1-2;/h6*1H;/q6*-1;. The van der Waals surface area contributed by atoms with Crippen molar-refractivity contribution in [1.29, 1.82) is 0 Å². The van der Waals surface area contributed by atoms with E-state index in [4.69, 9.17) is 28.8 Å². The summed E-state index contributed by atoms with van der Waals surface area (Å²) in [5.74, 6) is 0. The van der Waals surface area contributed by atoms with Crippen LogP contribution in [-0.2, 0) is 45.3 Å². The van der Waals surface area contributed by atoms with Crippen LogP contribution in [0.4, 0.5) is 0 Å². The van der Waals surface area contributed by atoms with Gasteiger partial charge in [0.1, 0.15) is 0 Å². The molecule has 0 saturated heterocycles. The van der Waals surface area contributed by atoms with Gasteiger partial charge in [0.25, 0.3) is 0 Å². The van der Waals surface area contributed by atoms with Crippen molar-refractivity contribution in [2.24, 2.45) is 0 Å². The molecule has 0 saturated carbocycles. The van der Waals surface area contributed by atoms with Crippen LogP contribution in [0.25, 0.3) is 0 Å². The van der Waals surface area contributed by atoms with E-state index >= 15 is 0 Å². The van der Waals surface area contributed by atoms with Crippen molar-refractivity contribution >= 4 is 40.7 Å². The van der Waals surface area contributed by atoms with Gasteiger partial charge in [-0.1, -0.05) is 0 Å². The first-order valence-electron chi connectivity index (χ1n) is 1.41. The summed E-state index contributed by atoms with van der Waals surface area (Å²) in [6, 6.07) is 0. The Morgan fingerprint density at radius 3 is 0.308 bits per heavy atom. The summed E-state index contributed by atoms with van der Waals surface area (Å²) in [4.78, 5) is 46.5. The Labute approximate surface area is 86.6 Å². The first-order chi connectivity index (χ1) is 6.00. The molecule has 0 aromatic carbocycles. The molecule has 0 heterocycles. The van der Waals surface area contributed by atoms with Crippen molar-refractivity contribution in [3.63, 3.8) is 0 Å². The third kappa shape index (κ3) is 345. The molecule has 0 spiro atoms. The minimum atomic E-state index is 0. The fourth-order valence-electron chi connectivity index (χ4n) is 0. The smallest absolute Gasteiger partial charge is 0 e. The van der Waals surface area contributed by atoms with Crippen LogP contribution in [0.3, 0.4) is 0 Å². The maximum atomic E-state index is 7.75. The van der Waals surface area contributed by atoms with Crippen LogP contribution >= 0.6 is 0 Å². The largest absolute Gasteiger partial charge is 0.545 e. The quantitative estimate of drug-likeness (QED) is 0.282. The maximum Gasteiger partial charge on any atom is 0 e. The van der Waals surface area contributed by atoms with E-state index in [1.54, 1.807) is 0 Å². The first kappa shape index (κ1) is 62.5. The summed E-state index contributed by atoms with van der Waals surface area (Å²) >= 11 is 0. The van der Waals surface area contributed by atoms with Crippen LogP contribution in [0.2, 0.25) is 0 Å². The van der Waals surface area contributed by atoms with Gasteiger partial charge in [-0.2, -0.15) is 0 Å². The van der Waals surface area contributed by atoms with Gasteiger partial charge < -0.3 is 28.8 Å². The van der Waals surface area contributed by atoms with Gasteiger partial charge in [-0.15, -0.1) is 0 Å². The number of carbonyl (C=O) groups excluding carboxylic acids is 6. The SMILES string of the molecule is [CH-]=O.[CH-]=O.[CH-]=O.[CH-]=O.[CH-]=O.[CH-]=O.[Ni]. The molecule has 0 fully saturated rings. The molecule has 6 nitrogen and oxygen atoms in total.